The van der Waals surface area contributed by atoms with E-state index in [1.54, 1.807) is 44.4 Å². The average molecular weight is 548 g/mol. The van der Waals surface area contributed by atoms with Crippen molar-refractivity contribution < 1.29 is 39.6 Å². The number of aromatic hydroxyl groups is 1. The third-order valence-corrected chi connectivity index (χ3v) is 8.10. The summed E-state index contributed by atoms with van der Waals surface area (Å²) in [4.78, 5) is 52.3. The topological polar surface area (TPSA) is 190 Å². The van der Waals surface area contributed by atoms with Crippen LogP contribution in [-0.4, -0.2) is 74.4 Å². The van der Waals surface area contributed by atoms with Crippen molar-refractivity contribution in [3.8, 4) is 16.9 Å². The van der Waals surface area contributed by atoms with Crippen LogP contribution in [0.4, 0.5) is 5.69 Å². The third-order valence-electron chi connectivity index (χ3n) is 8.10. The van der Waals surface area contributed by atoms with Crippen LogP contribution < -0.4 is 11.1 Å². The summed E-state index contributed by atoms with van der Waals surface area (Å²) in [6.07, 6.45) is 0.148. The first-order valence-corrected chi connectivity index (χ1v) is 12.7. The van der Waals surface area contributed by atoms with E-state index in [0.29, 0.717) is 22.4 Å². The lowest BCUT2D eigenvalue weighted by Gasteiger charge is -2.50. The fourth-order valence-corrected chi connectivity index (χ4v) is 6.48. The number of nitrogens with one attached hydrogen (secondary N) is 1. The van der Waals surface area contributed by atoms with Crippen molar-refractivity contribution in [3.63, 3.8) is 0 Å². The lowest BCUT2D eigenvalue weighted by molar-refractivity contribution is -0.153. The van der Waals surface area contributed by atoms with E-state index in [2.05, 4.69) is 5.32 Å². The number of anilines is 1. The quantitative estimate of drug-likeness (QED) is 0.309. The number of primary amides is 1. The molecule has 3 aliphatic carbocycles. The van der Waals surface area contributed by atoms with Crippen molar-refractivity contribution in [2.45, 2.75) is 31.4 Å². The van der Waals surface area contributed by atoms with Gasteiger partial charge in [0.25, 0.3) is 5.91 Å². The summed E-state index contributed by atoms with van der Waals surface area (Å²) in [6, 6.07) is 8.88. The minimum Gasteiger partial charge on any atom is -0.508 e. The van der Waals surface area contributed by atoms with Gasteiger partial charge in [-0.3, -0.25) is 24.1 Å². The second-order valence-corrected chi connectivity index (χ2v) is 10.7. The van der Waals surface area contributed by atoms with Crippen molar-refractivity contribution in [3.05, 3.63) is 64.4 Å². The van der Waals surface area contributed by atoms with Crippen molar-refractivity contribution >= 4 is 34.8 Å². The normalized spacial score (nSPS) is 25.9. The first kappa shape index (κ1) is 27.1. The molecule has 5 rings (SSSR count). The monoisotopic (exact) mass is 547 g/mol. The van der Waals surface area contributed by atoms with E-state index in [1.165, 1.54) is 17.9 Å². The molecule has 1 fully saturated rings. The fraction of sp³-hybridized carbons (Fsp3) is 0.310. The van der Waals surface area contributed by atoms with Crippen LogP contribution in [0.25, 0.3) is 16.9 Å². The zero-order valence-corrected chi connectivity index (χ0v) is 22.1. The number of benzene rings is 2. The number of hydrogen-bond donors (Lipinski definition) is 6. The zero-order valence-electron chi connectivity index (χ0n) is 22.1. The number of hydrogen-bond acceptors (Lipinski definition) is 9. The molecule has 0 aromatic heterocycles. The Balaban J connectivity index is 1.71. The van der Waals surface area contributed by atoms with E-state index in [1.807, 2.05) is 0 Å². The Morgan fingerprint density at radius 3 is 2.42 bits per heavy atom. The number of rotatable bonds is 4. The number of phenols is 1. The summed E-state index contributed by atoms with van der Waals surface area (Å²) in [7, 11) is 3.09. The molecule has 2 aromatic carbocycles. The maximum absolute atomic E-state index is 13.9. The molecule has 0 aliphatic heterocycles. The van der Waals surface area contributed by atoms with Crippen molar-refractivity contribution in [2.24, 2.45) is 17.6 Å². The Hall–Kier alpha value is -4.48. The third kappa shape index (κ3) is 3.81. The van der Waals surface area contributed by atoms with Gasteiger partial charge < -0.3 is 31.5 Å². The highest BCUT2D eigenvalue weighted by molar-refractivity contribution is 6.24. The molecule has 4 unspecified atom stereocenters. The molecule has 0 heterocycles. The molecule has 11 heteroatoms. The molecule has 0 saturated heterocycles. The number of likely N-dealkylation sites (N-methyl/N-ethyl adjacent to an activating group) is 1. The lowest BCUT2D eigenvalue weighted by Crippen LogP contribution is -2.65. The van der Waals surface area contributed by atoms with E-state index in [0.717, 1.165) is 0 Å². The summed E-state index contributed by atoms with van der Waals surface area (Å²) in [5, 5.41) is 47.5. The molecule has 0 bridgehead atoms. The minimum absolute atomic E-state index is 0.00119. The molecule has 40 heavy (non-hydrogen) atoms. The molecular weight excluding hydrogens is 518 g/mol. The summed E-state index contributed by atoms with van der Waals surface area (Å²) in [5.41, 5.74) is 3.99. The first-order chi connectivity index (χ1) is 18.8. The number of carbonyl (C=O) groups excluding carboxylic acids is 4. The first-order valence-electron chi connectivity index (χ1n) is 12.7. The summed E-state index contributed by atoms with van der Waals surface area (Å²) >= 11 is 0. The van der Waals surface area contributed by atoms with Crippen LogP contribution in [0.3, 0.4) is 0 Å². The van der Waals surface area contributed by atoms with Crippen LogP contribution >= 0.6 is 0 Å². The van der Waals surface area contributed by atoms with Crippen LogP contribution in [0, 0.1) is 11.8 Å². The van der Waals surface area contributed by atoms with Gasteiger partial charge in [0, 0.05) is 24.1 Å². The Morgan fingerprint density at radius 2 is 1.80 bits per heavy atom. The molecule has 11 nitrogen and oxygen atoms in total. The molecular formula is C29H29N3O8. The summed E-state index contributed by atoms with van der Waals surface area (Å²) in [5.74, 6) is -7.25. The van der Waals surface area contributed by atoms with Gasteiger partial charge >= 0.3 is 0 Å². The smallest absolute Gasteiger partial charge is 0.255 e. The van der Waals surface area contributed by atoms with Gasteiger partial charge in [0.2, 0.25) is 11.7 Å². The number of fused-ring (bicyclic) bond motifs is 3. The number of aliphatic hydroxyl groups is 3. The minimum atomic E-state index is -2.69. The number of nitrogens with two attached hydrogens (primary N) is 1. The number of amides is 2. The van der Waals surface area contributed by atoms with Crippen molar-refractivity contribution in [2.75, 3.05) is 19.4 Å². The highest BCUT2D eigenvalue weighted by Gasteiger charge is 2.64. The average Bonchev–Trinajstić information content (AvgIpc) is 2.85. The molecule has 3 aliphatic rings. The number of aliphatic hydroxyl groups excluding tert-OH is 2. The van der Waals surface area contributed by atoms with E-state index in [-0.39, 0.29) is 35.6 Å². The predicted octanol–water partition coefficient (Wildman–Crippen LogP) is 1.59. The van der Waals surface area contributed by atoms with E-state index in [9.17, 15) is 39.6 Å². The number of nitrogens with zero attached hydrogens (tertiary/aromatic N) is 1. The largest absolute Gasteiger partial charge is 0.508 e. The highest BCUT2D eigenvalue weighted by atomic mass is 16.3. The van der Waals surface area contributed by atoms with Crippen molar-refractivity contribution in [1.29, 1.82) is 0 Å². The molecule has 7 N–H and O–H groups in total. The van der Waals surface area contributed by atoms with Gasteiger partial charge in [-0.15, -0.1) is 0 Å². The highest BCUT2D eigenvalue weighted by Crippen LogP contribution is 2.53. The lowest BCUT2D eigenvalue weighted by atomic mass is 9.57. The Morgan fingerprint density at radius 1 is 1.10 bits per heavy atom. The fourth-order valence-electron chi connectivity index (χ4n) is 6.48. The Bertz CT molecular complexity index is 1570. The van der Waals surface area contributed by atoms with Crippen LogP contribution in [0.1, 0.15) is 24.5 Å². The number of phenolic OH excluding ortho intramolecular Hbond substituents is 1. The van der Waals surface area contributed by atoms with Crippen LogP contribution in [0.5, 0.6) is 5.75 Å². The second-order valence-electron chi connectivity index (χ2n) is 10.7. The maximum atomic E-state index is 13.9. The van der Waals surface area contributed by atoms with Crippen LogP contribution in [0.2, 0.25) is 0 Å². The summed E-state index contributed by atoms with van der Waals surface area (Å²) < 4.78 is 0. The molecule has 2 amide bonds. The van der Waals surface area contributed by atoms with Gasteiger partial charge in [-0.05, 0) is 67.7 Å². The molecule has 4 atom stereocenters. The van der Waals surface area contributed by atoms with Gasteiger partial charge in [0.15, 0.2) is 11.4 Å². The van der Waals surface area contributed by atoms with Gasteiger partial charge in [-0.25, -0.2) is 0 Å². The predicted molar refractivity (Wildman–Crippen MR) is 144 cm³/mol. The second kappa shape index (κ2) is 9.32. The van der Waals surface area contributed by atoms with E-state index < -0.39 is 58.0 Å². The number of Topliss-reactive ketones (excluding diaryl/α,β-unsaturated/α-hetero) is 2. The van der Waals surface area contributed by atoms with E-state index in [4.69, 9.17) is 5.73 Å². The van der Waals surface area contributed by atoms with Gasteiger partial charge in [-0.1, -0.05) is 18.2 Å². The molecule has 2 aromatic rings. The zero-order chi connectivity index (χ0) is 29.3. The Kier molecular flexibility index (Phi) is 6.31. The maximum Gasteiger partial charge on any atom is 0.255 e. The van der Waals surface area contributed by atoms with E-state index >= 15 is 0 Å². The molecule has 1 saturated carbocycles. The molecule has 208 valence electrons. The molecule has 0 radical (unpaired) electrons. The standard InChI is InChI=1S/C29H29N3O8/c1-12(33)31-15-6-4-5-13(9-15)16-7-8-19(34)21-17(16)10-14-11-18-23(32(2)3)25(36)22(28(30)39)27(38)29(18,40)26(37)20(14)24(21)35/h4-9,14,18,23,34-35,38,40H,10-11H2,1-3H3,(H2,30,39)(H,31,33). The number of carbonyl (C=O) groups is 4. The van der Waals surface area contributed by atoms with Gasteiger partial charge in [0.1, 0.15) is 22.8 Å². The van der Waals surface area contributed by atoms with Crippen LogP contribution in [-0.2, 0) is 25.6 Å². The SMILES string of the molecule is CC(=O)Nc1cccc(-c2ccc(O)c3c2CC2CC4C(N(C)C)C(=O)C(C(N)=O)=C(O)C4(O)C(=O)C2=C3O)c1. The van der Waals surface area contributed by atoms with Gasteiger partial charge in [-0.2, -0.15) is 0 Å². The summed E-state index contributed by atoms with van der Waals surface area (Å²) in [6.45, 7) is 1.39. The van der Waals surface area contributed by atoms with Crippen molar-refractivity contribution in [1.82, 2.24) is 4.90 Å². The Labute approximate surface area is 229 Å². The van der Waals surface area contributed by atoms with Gasteiger partial charge in [0.05, 0.1) is 11.6 Å². The number of ketones is 2. The van der Waals surface area contributed by atoms with Crippen LogP contribution in [0.15, 0.2) is 53.3 Å². The molecule has 0 spiro atoms.